The molecule has 3 heteroatoms. The zero-order chi connectivity index (χ0) is 7.72. The molecule has 0 radical (unpaired) electrons. The van der Waals surface area contributed by atoms with Crippen LogP contribution < -0.4 is 0 Å². The quantitative estimate of drug-likeness (QED) is 0.717. The highest BCUT2D eigenvalue weighted by molar-refractivity contribution is 14.1. The van der Waals surface area contributed by atoms with Crippen molar-refractivity contribution in [3.8, 4) is 0 Å². The van der Waals surface area contributed by atoms with Crippen LogP contribution in [-0.4, -0.2) is 5.16 Å². The third kappa shape index (κ3) is 1.33. The van der Waals surface area contributed by atoms with E-state index in [4.69, 9.17) is 4.52 Å². The van der Waals surface area contributed by atoms with Crippen LogP contribution >= 0.6 is 22.6 Å². The Morgan fingerprint density at radius 3 is 2.30 bits per heavy atom. The molecule has 0 aromatic carbocycles. The van der Waals surface area contributed by atoms with Crippen molar-refractivity contribution in [1.29, 1.82) is 0 Å². The van der Waals surface area contributed by atoms with Crippen LogP contribution in [0, 0.1) is 10.7 Å². The number of aromatic nitrogens is 1. The van der Waals surface area contributed by atoms with Crippen molar-refractivity contribution < 1.29 is 4.52 Å². The summed E-state index contributed by atoms with van der Waals surface area (Å²) in [5, 5.41) is 3.85. The first-order chi connectivity index (χ1) is 4.63. The van der Waals surface area contributed by atoms with Gasteiger partial charge in [0.15, 0.2) is 3.77 Å². The summed E-state index contributed by atoms with van der Waals surface area (Å²) in [6.45, 7) is 6.25. The number of nitrogens with zero attached hydrogens (tertiary/aromatic N) is 1. The average molecular weight is 251 g/mol. The highest BCUT2D eigenvalue weighted by Gasteiger charge is 2.12. The van der Waals surface area contributed by atoms with Crippen LogP contribution in [0.3, 0.4) is 0 Å². The minimum absolute atomic E-state index is 0.512. The van der Waals surface area contributed by atoms with E-state index in [2.05, 4.69) is 41.6 Å². The van der Waals surface area contributed by atoms with Gasteiger partial charge in [0.2, 0.25) is 0 Å². The van der Waals surface area contributed by atoms with Crippen LogP contribution in [-0.2, 0) is 0 Å². The topological polar surface area (TPSA) is 26.0 Å². The van der Waals surface area contributed by atoms with Gasteiger partial charge in [-0.1, -0.05) is 19.0 Å². The number of hydrogen-bond acceptors (Lipinski definition) is 2. The molecule has 56 valence electrons. The third-order valence-corrected chi connectivity index (χ3v) is 2.22. The highest BCUT2D eigenvalue weighted by atomic mass is 127. The van der Waals surface area contributed by atoms with Crippen molar-refractivity contribution in [3.63, 3.8) is 0 Å². The molecule has 0 fully saturated rings. The Morgan fingerprint density at radius 2 is 2.10 bits per heavy atom. The van der Waals surface area contributed by atoms with Crippen molar-refractivity contribution in [2.24, 2.45) is 0 Å². The van der Waals surface area contributed by atoms with E-state index in [0.717, 1.165) is 9.46 Å². The van der Waals surface area contributed by atoms with Gasteiger partial charge in [0.05, 0.1) is 5.69 Å². The van der Waals surface area contributed by atoms with Crippen molar-refractivity contribution in [3.05, 3.63) is 15.0 Å². The van der Waals surface area contributed by atoms with E-state index in [9.17, 15) is 0 Å². The molecule has 1 heterocycles. The summed E-state index contributed by atoms with van der Waals surface area (Å²) in [5.74, 6) is 0.512. The molecule has 0 saturated heterocycles. The van der Waals surface area contributed by atoms with E-state index in [0.29, 0.717) is 5.92 Å². The summed E-state index contributed by atoms with van der Waals surface area (Å²) >= 11 is 2.17. The first kappa shape index (κ1) is 8.04. The molecule has 0 aliphatic heterocycles. The van der Waals surface area contributed by atoms with Crippen molar-refractivity contribution in [2.45, 2.75) is 26.7 Å². The standard InChI is InChI=1S/C7H10INO/c1-4(2)6-5(3)9-10-7(6)8/h4H,1-3H3. The summed E-state index contributed by atoms with van der Waals surface area (Å²) < 4.78 is 5.91. The van der Waals surface area contributed by atoms with Crippen LogP contribution in [0.15, 0.2) is 4.52 Å². The Labute approximate surface area is 74.1 Å². The van der Waals surface area contributed by atoms with E-state index in [1.807, 2.05) is 6.92 Å². The normalized spacial score (nSPS) is 10.9. The van der Waals surface area contributed by atoms with Crippen LogP contribution in [0.25, 0.3) is 0 Å². The van der Waals surface area contributed by atoms with Gasteiger partial charge in [0.25, 0.3) is 0 Å². The zero-order valence-electron chi connectivity index (χ0n) is 6.31. The molecule has 0 amide bonds. The van der Waals surface area contributed by atoms with Crippen LogP contribution in [0.4, 0.5) is 0 Å². The SMILES string of the molecule is Cc1noc(I)c1C(C)C. The summed E-state index contributed by atoms with van der Waals surface area (Å²) in [5.41, 5.74) is 2.25. The first-order valence-electron chi connectivity index (χ1n) is 3.24. The molecule has 0 saturated carbocycles. The molecule has 0 bridgehead atoms. The maximum Gasteiger partial charge on any atom is 0.200 e. The van der Waals surface area contributed by atoms with Crippen LogP contribution in [0.5, 0.6) is 0 Å². The van der Waals surface area contributed by atoms with Gasteiger partial charge >= 0.3 is 0 Å². The monoisotopic (exact) mass is 251 g/mol. The third-order valence-electron chi connectivity index (χ3n) is 1.44. The molecule has 2 nitrogen and oxygen atoms in total. The lowest BCUT2D eigenvalue weighted by molar-refractivity contribution is 0.392. The molecule has 0 aliphatic carbocycles. The minimum atomic E-state index is 0.512. The molecule has 10 heavy (non-hydrogen) atoms. The minimum Gasteiger partial charge on any atom is -0.350 e. The second-order valence-electron chi connectivity index (χ2n) is 2.61. The fourth-order valence-electron chi connectivity index (χ4n) is 0.994. The Bertz CT molecular complexity index is 210. The van der Waals surface area contributed by atoms with Crippen LogP contribution in [0.1, 0.15) is 31.0 Å². The second kappa shape index (κ2) is 2.90. The fourth-order valence-corrected chi connectivity index (χ4v) is 2.11. The highest BCUT2D eigenvalue weighted by Crippen LogP contribution is 2.23. The molecule has 1 aromatic rings. The van der Waals surface area contributed by atoms with Crippen molar-refractivity contribution >= 4 is 22.6 Å². The van der Waals surface area contributed by atoms with Gasteiger partial charge in [-0.05, 0) is 12.8 Å². The Hall–Kier alpha value is -0.0600. The first-order valence-corrected chi connectivity index (χ1v) is 4.32. The van der Waals surface area contributed by atoms with E-state index in [1.54, 1.807) is 0 Å². The summed E-state index contributed by atoms with van der Waals surface area (Å²) in [4.78, 5) is 0. The van der Waals surface area contributed by atoms with Gasteiger partial charge in [-0.2, -0.15) is 0 Å². The maximum atomic E-state index is 4.99. The predicted molar refractivity (Wildman–Crippen MR) is 48.0 cm³/mol. The lowest BCUT2D eigenvalue weighted by Gasteiger charge is -1.99. The summed E-state index contributed by atoms with van der Waals surface area (Å²) in [6, 6.07) is 0. The zero-order valence-corrected chi connectivity index (χ0v) is 8.47. The van der Waals surface area contributed by atoms with E-state index in [-0.39, 0.29) is 0 Å². The maximum absolute atomic E-state index is 4.99. The second-order valence-corrected chi connectivity index (χ2v) is 3.59. The molecule has 0 aliphatic rings. The Balaban J connectivity index is 3.10. The molecule has 1 aromatic heterocycles. The Kier molecular flexibility index (Phi) is 2.33. The molecule has 0 unspecified atom stereocenters. The number of aryl methyl sites for hydroxylation is 1. The fraction of sp³-hybridized carbons (Fsp3) is 0.571. The molecule has 0 N–H and O–H groups in total. The van der Waals surface area contributed by atoms with Crippen LogP contribution in [0.2, 0.25) is 0 Å². The lowest BCUT2D eigenvalue weighted by atomic mass is 10.1. The van der Waals surface area contributed by atoms with E-state index < -0.39 is 0 Å². The van der Waals surface area contributed by atoms with Gasteiger partial charge in [-0.25, -0.2) is 0 Å². The van der Waals surface area contributed by atoms with Gasteiger partial charge in [-0.15, -0.1) is 0 Å². The Morgan fingerprint density at radius 1 is 1.50 bits per heavy atom. The molecule has 1 rings (SSSR count). The molecular formula is C7H10INO. The van der Waals surface area contributed by atoms with Gasteiger partial charge in [-0.3, -0.25) is 0 Å². The van der Waals surface area contributed by atoms with Crippen molar-refractivity contribution in [1.82, 2.24) is 5.16 Å². The van der Waals surface area contributed by atoms with Gasteiger partial charge in [0, 0.05) is 28.2 Å². The predicted octanol–water partition coefficient (Wildman–Crippen LogP) is 2.71. The largest absolute Gasteiger partial charge is 0.350 e. The average Bonchev–Trinajstić information content (AvgIpc) is 2.11. The smallest absolute Gasteiger partial charge is 0.200 e. The number of rotatable bonds is 1. The number of halogens is 1. The van der Waals surface area contributed by atoms with E-state index >= 15 is 0 Å². The van der Waals surface area contributed by atoms with E-state index in [1.165, 1.54) is 5.56 Å². The number of hydrogen-bond donors (Lipinski definition) is 0. The molecule has 0 spiro atoms. The summed E-state index contributed by atoms with van der Waals surface area (Å²) in [7, 11) is 0. The van der Waals surface area contributed by atoms with Gasteiger partial charge in [0.1, 0.15) is 0 Å². The summed E-state index contributed by atoms with van der Waals surface area (Å²) in [6.07, 6.45) is 0. The molecule has 0 atom stereocenters. The lowest BCUT2D eigenvalue weighted by Crippen LogP contribution is -1.89. The van der Waals surface area contributed by atoms with Crippen molar-refractivity contribution in [2.75, 3.05) is 0 Å². The molecular weight excluding hydrogens is 241 g/mol. The van der Waals surface area contributed by atoms with Gasteiger partial charge < -0.3 is 4.52 Å².